The molecule has 8 heteroatoms. The molecule has 0 aliphatic heterocycles. The molecule has 5 nitrogen and oxygen atoms in total. The minimum absolute atomic E-state index is 0.0845. The average molecular weight is 373 g/mol. The van der Waals surface area contributed by atoms with E-state index in [2.05, 4.69) is 15.9 Å². The highest BCUT2D eigenvalue weighted by Crippen LogP contribution is 2.23. The number of nitro benzene ring substituents is 1. The zero-order chi connectivity index (χ0) is 15.6. The van der Waals surface area contributed by atoms with Gasteiger partial charge >= 0.3 is 5.69 Å². The normalized spacial score (nSPS) is 10.4. The summed E-state index contributed by atoms with van der Waals surface area (Å²) in [6.45, 7) is 0.375. The van der Waals surface area contributed by atoms with Gasteiger partial charge in [0.2, 0.25) is 5.82 Å². The van der Waals surface area contributed by atoms with Crippen LogP contribution in [0.4, 0.5) is 10.1 Å². The van der Waals surface area contributed by atoms with E-state index in [-0.39, 0.29) is 5.56 Å². The zero-order valence-electron chi connectivity index (χ0n) is 10.9. The van der Waals surface area contributed by atoms with E-state index >= 15 is 0 Å². The van der Waals surface area contributed by atoms with Crippen LogP contribution in [0.2, 0.25) is 0 Å². The molecule has 0 spiro atoms. The van der Waals surface area contributed by atoms with Crippen LogP contribution in [0.5, 0.6) is 0 Å². The van der Waals surface area contributed by atoms with Crippen LogP contribution in [0.25, 0.3) is 0 Å². The largest absolute Gasteiger partial charge is 0.337 e. The second kappa shape index (κ2) is 6.31. The second-order valence-corrected chi connectivity index (χ2v) is 6.23. The maximum atomic E-state index is 13.3. The first-order chi connectivity index (χ1) is 9.88. The molecule has 0 fully saturated rings. The van der Waals surface area contributed by atoms with Crippen LogP contribution < -0.4 is 0 Å². The van der Waals surface area contributed by atoms with Crippen LogP contribution >= 0.6 is 27.3 Å². The number of carbonyl (C=O) groups is 1. The van der Waals surface area contributed by atoms with E-state index in [1.165, 1.54) is 22.3 Å². The zero-order valence-corrected chi connectivity index (χ0v) is 13.3. The molecule has 1 heterocycles. The Labute approximate surface area is 132 Å². The van der Waals surface area contributed by atoms with Crippen molar-refractivity contribution in [2.24, 2.45) is 0 Å². The average Bonchev–Trinajstić information content (AvgIpc) is 2.83. The molecule has 0 radical (unpaired) electrons. The van der Waals surface area contributed by atoms with Gasteiger partial charge in [-0.05, 0) is 34.1 Å². The van der Waals surface area contributed by atoms with E-state index in [0.29, 0.717) is 6.54 Å². The summed E-state index contributed by atoms with van der Waals surface area (Å²) >= 11 is 4.82. The maximum absolute atomic E-state index is 13.3. The van der Waals surface area contributed by atoms with Gasteiger partial charge in [-0.1, -0.05) is 0 Å². The quantitative estimate of drug-likeness (QED) is 0.605. The Bertz CT molecular complexity index is 704. The third-order valence-corrected chi connectivity index (χ3v) is 4.43. The molecular weight excluding hydrogens is 363 g/mol. The molecule has 0 unspecified atom stereocenters. The van der Waals surface area contributed by atoms with E-state index in [1.807, 2.05) is 11.4 Å². The van der Waals surface area contributed by atoms with Crippen molar-refractivity contribution in [3.8, 4) is 0 Å². The predicted octanol–water partition coefficient (Wildman–Crippen LogP) is 3.83. The molecule has 110 valence electrons. The van der Waals surface area contributed by atoms with Gasteiger partial charge in [0, 0.05) is 33.4 Å². The van der Waals surface area contributed by atoms with E-state index in [0.717, 1.165) is 21.5 Å². The predicted molar refractivity (Wildman–Crippen MR) is 80.9 cm³/mol. The van der Waals surface area contributed by atoms with Gasteiger partial charge in [-0.15, -0.1) is 11.3 Å². The molecule has 0 N–H and O–H groups in total. The van der Waals surface area contributed by atoms with Crippen LogP contribution in [-0.2, 0) is 6.54 Å². The number of thiophene rings is 1. The van der Waals surface area contributed by atoms with Crippen molar-refractivity contribution < 1.29 is 14.1 Å². The van der Waals surface area contributed by atoms with Crippen LogP contribution in [0, 0.1) is 15.9 Å². The molecule has 0 aliphatic carbocycles. The fraction of sp³-hybridized carbons (Fsp3) is 0.154. The number of benzene rings is 1. The number of amides is 1. The highest BCUT2D eigenvalue weighted by Gasteiger charge is 2.19. The number of nitrogens with zero attached hydrogens (tertiary/aromatic N) is 2. The first-order valence-electron chi connectivity index (χ1n) is 5.81. The van der Waals surface area contributed by atoms with Gasteiger partial charge in [0.1, 0.15) is 0 Å². The van der Waals surface area contributed by atoms with Crippen LogP contribution in [0.3, 0.4) is 0 Å². The number of hydrogen-bond donors (Lipinski definition) is 0. The minimum Gasteiger partial charge on any atom is -0.337 e. The van der Waals surface area contributed by atoms with E-state index in [1.54, 1.807) is 7.05 Å². The Kier molecular flexibility index (Phi) is 4.69. The minimum atomic E-state index is -0.957. The summed E-state index contributed by atoms with van der Waals surface area (Å²) in [6.07, 6.45) is 0. The van der Waals surface area contributed by atoms with Crippen molar-refractivity contribution in [1.29, 1.82) is 0 Å². The van der Waals surface area contributed by atoms with Gasteiger partial charge in [-0.25, -0.2) is 0 Å². The Hall–Kier alpha value is -1.80. The standard InChI is InChI=1S/C13H10BrFN2O3S/c1-16(6-10-5-9(14)7-21-10)13(18)8-2-3-11(15)12(4-8)17(19)20/h2-5,7H,6H2,1H3. The summed E-state index contributed by atoms with van der Waals surface area (Å²) in [6, 6.07) is 5.02. The van der Waals surface area contributed by atoms with Gasteiger partial charge in [-0.3, -0.25) is 14.9 Å². The number of nitro groups is 1. The molecule has 2 aromatic rings. The third-order valence-electron chi connectivity index (χ3n) is 2.75. The highest BCUT2D eigenvalue weighted by molar-refractivity contribution is 9.10. The van der Waals surface area contributed by atoms with E-state index in [4.69, 9.17) is 0 Å². The summed E-state index contributed by atoms with van der Waals surface area (Å²) in [5.74, 6) is -1.36. The molecule has 2 rings (SSSR count). The van der Waals surface area contributed by atoms with Crippen molar-refractivity contribution >= 4 is 38.9 Å². The summed E-state index contributed by atoms with van der Waals surface area (Å²) in [4.78, 5) is 24.5. The van der Waals surface area contributed by atoms with Gasteiger partial charge in [0.05, 0.1) is 11.5 Å². The fourth-order valence-electron chi connectivity index (χ4n) is 1.75. The van der Waals surface area contributed by atoms with Crippen molar-refractivity contribution in [2.45, 2.75) is 6.54 Å². The van der Waals surface area contributed by atoms with Crippen molar-refractivity contribution in [3.05, 3.63) is 60.5 Å². The van der Waals surface area contributed by atoms with Gasteiger partial charge in [0.25, 0.3) is 5.91 Å². The molecule has 0 bridgehead atoms. The Morgan fingerprint density at radius 2 is 2.19 bits per heavy atom. The first kappa shape index (κ1) is 15.6. The second-order valence-electron chi connectivity index (χ2n) is 4.32. The highest BCUT2D eigenvalue weighted by atomic mass is 79.9. The monoisotopic (exact) mass is 372 g/mol. The molecule has 0 atom stereocenters. The lowest BCUT2D eigenvalue weighted by molar-refractivity contribution is -0.387. The Morgan fingerprint density at radius 1 is 1.48 bits per heavy atom. The number of carbonyl (C=O) groups excluding carboxylic acids is 1. The molecule has 1 amide bonds. The first-order valence-corrected chi connectivity index (χ1v) is 7.48. The molecule has 0 aliphatic rings. The number of hydrogen-bond acceptors (Lipinski definition) is 4. The molecule has 1 aromatic carbocycles. The topological polar surface area (TPSA) is 63.5 Å². The van der Waals surface area contributed by atoms with E-state index < -0.39 is 22.3 Å². The Morgan fingerprint density at radius 3 is 2.76 bits per heavy atom. The molecule has 21 heavy (non-hydrogen) atoms. The Balaban J connectivity index is 2.19. The van der Waals surface area contributed by atoms with Crippen molar-refractivity contribution in [2.75, 3.05) is 7.05 Å². The lowest BCUT2D eigenvalue weighted by Gasteiger charge is -2.16. The smallest absolute Gasteiger partial charge is 0.305 e. The summed E-state index contributed by atoms with van der Waals surface area (Å²) in [5, 5.41) is 12.6. The maximum Gasteiger partial charge on any atom is 0.305 e. The fourth-order valence-corrected chi connectivity index (χ4v) is 3.25. The van der Waals surface area contributed by atoms with Crippen molar-refractivity contribution in [3.63, 3.8) is 0 Å². The lowest BCUT2D eigenvalue weighted by Crippen LogP contribution is -2.25. The summed E-state index contributed by atoms with van der Waals surface area (Å²) in [7, 11) is 1.59. The van der Waals surface area contributed by atoms with Gasteiger partial charge in [-0.2, -0.15) is 4.39 Å². The third kappa shape index (κ3) is 3.64. The van der Waals surface area contributed by atoms with E-state index in [9.17, 15) is 19.3 Å². The SMILES string of the molecule is CN(Cc1cc(Br)cs1)C(=O)c1ccc(F)c([N+](=O)[O-])c1. The summed E-state index contributed by atoms with van der Waals surface area (Å²) < 4.78 is 14.2. The molecule has 0 saturated heterocycles. The van der Waals surface area contributed by atoms with Gasteiger partial charge < -0.3 is 4.90 Å². The molecule has 0 saturated carbocycles. The number of rotatable bonds is 4. The molecular formula is C13H10BrFN2O3S. The lowest BCUT2D eigenvalue weighted by atomic mass is 10.1. The van der Waals surface area contributed by atoms with Crippen LogP contribution in [0.15, 0.2) is 34.1 Å². The molecule has 1 aromatic heterocycles. The van der Waals surface area contributed by atoms with Crippen molar-refractivity contribution in [1.82, 2.24) is 4.90 Å². The van der Waals surface area contributed by atoms with Crippen LogP contribution in [-0.4, -0.2) is 22.8 Å². The van der Waals surface area contributed by atoms with Gasteiger partial charge in [0.15, 0.2) is 0 Å². The summed E-state index contributed by atoms with van der Waals surface area (Å²) in [5.41, 5.74) is -0.616. The number of halogens is 2. The van der Waals surface area contributed by atoms with Crippen LogP contribution in [0.1, 0.15) is 15.2 Å².